The first-order valence-corrected chi connectivity index (χ1v) is 11.8. The van der Waals surface area contributed by atoms with E-state index in [-0.39, 0.29) is 17.5 Å². The average Bonchev–Trinajstić information content (AvgIpc) is 3.26. The number of nitrogens with one attached hydrogen (secondary N) is 3. The van der Waals surface area contributed by atoms with E-state index in [4.69, 9.17) is 9.72 Å². The molecule has 0 radical (unpaired) electrons. The van der Waals surface area contributed by atoms with Crippen LogP contribution in [-0.2, 0) is 7.05 Å². The number of aryl methyl sites for hydroxylation is 1. The maximum Gasteiger partial charge on any atom is 0.269 e. The summed E-state index contributed by atoms with van der Waals surface area (Å²) in [5, 5.41) is 8.53. The van der Waals surface area contributed by atoms with Gasteiger partial charge in [-0.05, 0) is 53.6 Å². The summed E-state index contributed by atoms with van der Waals surface area (Å²) in [6.45, 7) is 0. The summed E-state index contributed by atoms with van der Waals surface area (Å²) in [5.41, 5.74) is 4.95. The van der Waals surface area contributed by atoms with E-state index in [9.17, 15) is 9.59 Å². The van der Waals surface area contributed by atoms with Gasteiger partial charge in [-0.25, -0.2) is 4.98 Å². The van der Waals surface area contributed by atoms with Gasteiger partial charge >= 0.3 is 0 Å². The lowest BCUT2D eigenvalue weighted by Crippen LogP contribution is -2.19. The fraction of sp³-hybridized carbons (Fsp3) is 0.107. The van der Waals surface area contributed by atoms with E-state index in [1.165, 1.54) is 6.20 Å². The van der Waals surface area contributed by atoms with Crippen molar-refractivity contribution in [1.82, 2.24) is 30.2 Å². The number of nitrogens with zero attached hydrogens (tertiary/aromatic N) is 4. The summed E-state index contributed by atoms with van der Waals surface area (Å²) < 4.78 is 7.92. The minimum absolute atomic E-state index is 0.236. The number of carbonyl (C=O) groups is 2. The lowest BCUT2D eigenvalue weighted by Gasteiger charge is -2.09. The maximum absolute atomic E-state index is 12.0. The van der Waals surface area contributed by atoms with Crippen LogP contribution < -0.4 is 20.7 Å². The second-order valence-corrected chi connectivity index (χ2v) is 8.42. The zero-order chi connectivity index (χ0) is 26.6. The topological polar surface area (TPSA) is 123 Å². The zero-order valence-corrected chi connectivity index (χ0v) is 21.0. The summed E-state index contributed by atoms with van der Waals surface area (Å²) >= 11 is 0. The molecule has 190 valence electrons. The van der Waals surface area contributed by atoms with Crippen molar-refractivity contribution in [2.75, 3.05) is 19.4 Å². The van der Waals surface area contributed by atoms with Crippen molar-refractivity contribution in [1.29, 1.82) is 0 Å². The van der Waals surface area contributed by atoms with Crippen LogP contribution in [-0.4, -0.2) is 45.4 Å². The highest BCUT2D eigenvalue weighted by Crippen LogP contribution is 2.29. The molecule has 3 aromatic heterocycles. The van der Waals surface area contributed by atoms with Crippen molar-refractivity contribution in [3.8, 4) is 22.6 Å². The number of hydrogen-bond donors (Lipinski definition) is 3. The van der Waals surface area contributed by atoms with Gasteiger partial charge in [0.15, 0.2) is 0 Å². The number of anilines is 2. The summed E-state index contributed by atoms with van der Waals surface area (Å²) in [4.78, 5) is 36.8. The van der Waals surface area contributed by atoms with Crippen LogP contribution >= 0.6 is 0 Å². The molecule has 0 aliphatic carbocycles. The largest absolute Gasteiger partial charge is 0.457 e. The van der Waals surface area contributed by atoms with Crippen LogP contribution in [0, 0.1) is 0 Å². The molecule has 0 bridgehead atoms. The smallest absolute Gasteiger partial charge is 0.269 e. The van der Waals surface area contributed by atoms with Gasteiger partial charge in [-0.15, -0.1) is 0 Å². The summed E-state index contributed by atoms with van der Waals surface area (Å²) in [6.07, 6.45) is 3.15. The molecule has 2 amide bonds. The van der Waals surface area contributed by atoms with Crippen molar-refractivity contribution in [3.05, 3.63) is 90.5 Å². The molecule has 0 saturated heterocycles. The van der Waals surface area contributed by atoms with Gasteiger partial charge < -0.3 is 25.3 Å². The van der Waals surface area contributed by atoms with Crippen LogP contribution in [0.1, 0.15) is 21.0 Å². The van der Waals surface area contributed by atoms with Gasteiger partial charge in [0.05, 0.1) is 11.0 Å². The van der Waals surface area contributed by atoms with Crippen LogP contribution in [0.25, 0.3) is 22.2 Å². The third-order valence-electron chi connectivity index (χ3n) is 5.95. The van der Waals surface area contributed by atoms with E-state index < -0.39 is 0 Å². The number of carbonyl (C=O) groups excluding carboxylic acids is 2. The summed E-state index contributed by atoms with van der Waals surface area (Å²) in [6, 6.07) is 20.4. The normalized spacial score (nSPS) is 10.7. The molecule has 0 fully saturated rings. The second-order valence-electron chi connectivity index (χ2n) is 8.42. The number of ether oxygens (including phenoxy) is 1. The molecule has 3 N–H and O–H groups in total. The van der Waals surface area contributed by atoms with Crippen molar-refractivity contribution in [2.45, 2.75) is 0 Å². The molecule has 10 nitrogen and oxygen atoms in total. The van der Waals surface area contributed by atoms with Gasteiger partial charge in [-0.1, -0.05) is 12.1 Å². The Balaban J connectivity index is 1.38. The molecule has 0 spiro atoms. The van der Waals surface area contributed by atoms with Crippen molar-refractivity contribution in [2.24, 2.45) is 7.05 Å². The van der Waals surface area contributed by atoms with Crippen molar-refractivity contribution < 1.29 is 14.3 Å². The Bertz CT molecular complexity index is 1660. The van der Waals surface area contributed by atoms with Gasteiger partial charge in [0.2, 0.25) is 5.95 Å². The Morgan fingerprint density at radius 1 is 0.789 bits per heavy atom. The van der Waals surface area contributed by atoms with Crippen molar-refractivity contribution >= 4 is 34.5 Å². The van der Waals surface area contributed by atoms with Crippen LogP contribution in [0.4, 0.5) is 11.6 Å². The Hall–Kier alpha value is -5.25. The molecular formula is C28H25N7O3. The van der Waals surface area contributed by atoms with E-state index in [2.05, 4.69) is 25.9 Å². The highest BCUT2D eigenvalue weighted by atomic mass is 16.5. The fourth-order valence-corrected chi connectivity index (χ4v) is 3.99. The number of amides is 2. The molecule has 0 unspecified atom stereocenters. The number of pyridine rings is 2. The van der Waals surface area contributed by atoms with E-state index in [0.717, 1.165) is 27.8 Å². The number of rotatable bonds is 7. The zero-order valence-electron chi connectivity index (χ0n) is 21.0. The molecule has 10 heteroatoms. The number of hydrogen-bond acceptors (Lipinski definition) is 7. The number of fused-ring (bicyclic) bond motifs is 1. The predicted octanol–water partition coefficient (Wildman–Crippen LogP) is 4.29. The first kappa shape index (κ1) is 24.4. The van der Waals surface area contributed by atoms with E-state index in [1.807, 2.05) is 60.1 Å². The van der Waals surface area contributed by atoms with E-state index in [1.54, 1.807) is 38.5 Å². The number of aromatic nitrogens is 4. The molecule has 0 saturated carbocycles. The molecule has 5 rings (SSSR count). The third kappa shape index (κ3) is 5.00. The van der Waals surface area contributed by atoms with Gasteiger partial charge in [0.25, 0.3) is 11.8 Å². The second kappa shape index (κ2) is 10.4. The minimum Gasteiger partial charge on any atom is -0.457 e. The molecule has 0 aliphatic heterocycles. The Kier molecular flexibility index (Phi) is 6.68. The Morgan fingerprint density at radius 3 is 2.24 bits per heavy atom. The number of imidazole rings is 1. The van der Waals surface area contributed by atoms with Crippen LogP contribution in [0.3, 0.4) is 0 Å². The predicted molar refractivity (Wildman–Crippen MR) is 145 cm³/mol. The molecule has 0 aliphatic rings. The van der Waals surface area contributed by atoms with Gasteiger partial charge in [0, 0.05) is 51.4 Å². The van der Waals surface area contributed by atoms with Crippen molar-refractivity contribution in [3.63, 3.8) is 0 Å². The van der Waals surface area contributed by atoms with Crippen LogP contribution in [0.15, 0.2) is 79.1 Å². The molecule has 3 heterocycles. The van der Waals surface area contributed by atoms with E-state index >= 15 is 0 Å². The molecule has 2 aromatic carbocycles. The Labute approximate surface area is 218 Å². The average molecular weight is 508 g/mol. The highest BCUT2D eigenvalue weighted by molar-refractivity contribution is 5.93. The molecular weight excluding hydrogens is 482 g/mol. The van der Waals surface area contributed by atoms with Gasteiger partial charge in [-0.3, -0.25) is 19.6 Å². The van der Waals surface area contributed by atoms with Gasteiger partial charge in [0.1, 0.15) is 22.9 Å². The fourth-order valence-electron chi connectivity index (χ4n) is 3.99. The lowest BCUT2D eigenvalue weighted by molar-refractivity contribution is 0.0950. The van der Waals surface area contributed by atoms with E-state index in [0.29, 0.717) is 23.1 Å². The quantitative estimate of drug-likeness (QED) is 0.300. The van der Waals surface area contributed by atoms with Crippen LogP contribution in [0.5, 0.6) is 11.5 Å². The summed E-state index contributed by atoms with van der Waals surface area (Å²) in [7, 11) is 5.06. The monoisotopic (exact) mass is 507 g/mol. The first-order valence-electron chi connectivity index (χ1n) is 11.8. The molecule has 5 aromatic rings. The lowest BCUT2D eigenvalue weighted by atomic mass is 10.1. The van der Waals surface area contributed by atoms with Crippen LogP contribution in [0.2, 0.25) is 0 Å². The van der Waals surface area contributed by atoms with Gasteiger partial charge in [-0.2, -0.15) is 0 Å². The highest BCUT2D eigenvalue weighted by Gasteiger charge is 2.12. The Morgan fingerprint density at radius 2 is 1.47 bits per heavy atom. The molecule has 38 heavy (non-hydrogen) atoms. The third-order valence-corrected chi connectivity index (χ3v) is 5.95. The summed E-state index contributed by atoms with van der Waals surface area (Å²) in [5.74, 6) is 1.22. The first-order chi connectivity index (χ1) is 18.4. The minimum atomic E-state index is -0.286. The standard InChI is InChI=1S/C28H25N7O3/c1-29-26(36)23-14-18(9-11-31-23)17-5-4-6-19(13-17)33-28-34-22-15-20(7-8-25(22)35(28)3)38-21-10-12-32-24(16-21)27(37)30-2/h4-16H,1-3H3,(H,29,36)(H,30,37)(H,33,34). The SMILES string of the molecule is CNC(=O)c1cc(Oc2ccc3c(c2)nc(Nc2cccc(-c4ccnc(C(=O)NC)c4)c2)n3C)ccn1. The maximum atomic E-state index is 12.0. The molecule has 0 atom stereocenters. The number of benzene rings is 2.